The van der Waals surface area contributed by atoms with Crippen molar-refractivity contribution in [2.24, 2.45) is 0 Å². The molecule has 0 aliphatic carbocycles. The molecule has 0 aromatic heterocycles. The van der Waals surface area contributed by atoms with Gasteiger partial charge in [-0.25, -0.2) is 4.79 Å². The molecule has 1 heterocycles. The van der Waals surface area contributed by atoms with Crippen LogP contribution in [0.5, 0.6) is 0 Å². The molecular formula is C17H21NO5. The summed E-state index contributed by atoms with van der Waals surface area (Å²) in [6, 6.07) is 4.10. The van der Waals surface area contributed by atoms with Gasteiger partial charge in [0.05, 0.1) is 0 Å². The van der Waals surface area contributed by atoms with Gasteiger partial charge in [-0.2, -0.15) is 0 Å². The van der Waals surface area contributed by atoms with E-state index in [0.29, 0.717) is 18.7 Å². The van der Waals surface area contributed by atoms with Crippen LogP contribution in [0.15, 0.2) is 18.2 Å². The first kappa shape index (κ1) is 17.1. The van der Waals surface area contributed by atoms with E-state index in [-0.39, 0.29) is 12.0 Å². The molecule has 2 N–H and O–H groups in total. The van der Waals surface area contributed by atoms with Crippen LogP contribution in [0, 0.1) is 6.92 Å². The summed E-state index contributed by atoms with van der Waals surface area (Å²) in [5, 5.41) is 18.5. The van der Waals surface area contributed by atoms with Crippen molar-refractivity contribution in [2.75, 3.05) is 13.1 Å². The Bertz CT molecular complexity index is 619. The highest BCUT2D eigenvalue weighted by Gasteiger charge is 2.29. The molecule has 0 spiro atoms. The molecule has 1 aromatic carbocycles. The van der Waals surface area contributed by atoms with Crippen LogP contribution in [0.2, 0.25) is 0 Å². The van der Waals surface area contributed by atoms with E-state index in [1.165, 1.54) is 6.07 Å². The van der Waals surface area contributed by atoms with Crippen molar-refractivity contribution >= 4 is 17.7 Å². The monoisotopic (exact) mass is 319 g/mol. The van der Waals surface area contributed by atoms with Crippen LogP contribution < -0.4 is 0 Å². The van der Waals surface area contributed by atoms with Crippen LogP contribution in [0.25, 0.3) is 0 Å². The smallest absolute Gasteiger partial charge is 0.377 e. The van der Waals surface area contributed by atoms with E-state index >= 15 is 0 Å². The second kappa shape index (κ2) is 7.37. The lowest BCUT2D eigenvalue weighted by molar-refractivity contribution is -0.143. The maximum Gasteiger partial charge on any atom is 0.377 e. The van der Waals surface area contributed by atoms with E-state index in [9.17, 15) is 19.5 Å². The van der Waals surface area contributed by atoms with E-state index in [2.05, 4.69) is 0 Å². The number of hydrogen-bond acceptors (Lipinski definition) is 4. The molecule has 1 unspecified atom stereocenters. The zero-order valence-electron chi connectivity index (χ0n) is 13.1. The van der Waals surface area contributed by atoms with Gasteiger partial charge >= 0.3 is 11.9 Å². The lowest BCUT2D eigenvalue weighted by Gasteiger charge is -2.32. The fourth-order valence-corrected chi connectivity index (χ4v) is 3.04. The molecule has 1 fully saturated rings. The Morgan fingerprint density at radius 3 is 2.35 bits per heavy atom. The van der Waals surface area contributed by atoms with Crippen molar-refractivity contribution in [3.63, 3.8) is 0 Å². The first-order valence-corrected chi connectivity index (χ1v) is 7.74. The number of aryl methyl sites for hydroxylation is 1. The van der Waals surface area contributed by atoms with Crippen molar-refractivity contribution in [2.45, 2.75) is 38.6 Å². The quantitative estimate of drug-likeness (QED) is 0.612. The van der Waals surface area contributed by atoms with Crippen LogP contribution in [-0.2, 0) is 16.0 Å². The predicted octanol–water partition coefficient (Wildman–Crippen LogP) is 1.74. The Hall–Kier alpha value is -2.21. The fraction of sp³-hybridized carbons (Fsp3) is 0.471. The maximum absolute atomic E-state index is 11.8. The molecule has 23 heavy (non-hydrogen) atoms. The number of carbonyl (C=O) groups excluding carboxylic acids is 1. The molecule has 6 nitrogen and oxygen atoms in total. The lowest BCUT2D eigenvalue weighted by atomic mass is 9.94. The normalized spacial score (nSPS) is 16.7. The minimum Gasteiger partial charge on any atom is -0.480 e. The lowest BCUT2D eigenvalue weighted by Crippen LogP contribution is -2.45. The highest BCUT2D eigenvalue weighted by atomic mass is 16.4. The van der Waals surface area contributed by atoms with Crippen LogP contribution in [0.3, 0.4) is 0 Å². The molecule has 2 rings (SSSR count). The fourth-order valence-electron chi connectivity index (χ4n) is 3.04. The highest BCUT2D eigenvalue weighted by molar-refractivity contribution is 6.40. The molecule has 0 saturated carbocycles. The van der Waals surface area contributed by atoms with Crippen LogP contribution in [-0.4, -0.2) is 52.0 Å². The first-order chi connectivity index (χ1) is 10.9. The number of Topliss-reactive ketones (excluding diaryl/α,β-unsaturated/α-hetero) is 1. The van der Waals surface area contributed by atoms with Gasteiger partial charge in [0.1, 0.15) is 6.04 Å². The number of likely N-dealkylation sites (tertiary alicyclic amines) is 1. The summed E-state index contributed by atoms with van der Waals surface area (Å²) in [5.74, 6) is -3.47. The molecule has 0 amide bonds. The average molecular weight is 319 g/mol. The summed E-state index contributed by atoms with van der Waals surface area (Å²) in [6.45, 7) is 3.26. The van der Waals surface area contributed by atoms with Crippen LogP contribution >= 0.6 is 0 Å². The third kappa shape index (κ3) is 4.16. The Kier molecular flexibility index (Phi) is 5.50. The number of nitrogens with zero attached hydrogens (tertiary/aromatic N) is 1. The Morgan fingerprint density at radius 2 is 1.78 bits per heavy atom. The summed E-state index contributed by atoms with van der Waals surface area (Å²) in [5.41, 5.74) is 1.42. The largest absolute Gasteiger partial charge is 0.480 e. The zero-order valence-corrected chi connectivity index (χ0v) is 13.1. The molecule has 0 radical (unpaired) electrons. The minimum atomic E-state index is -1.53. The summed E-state index contributed by atoms with van der Waals surface area (Å²) in [6.07, 6.45) is 3.14. The van der Waals surface area contributed by atoms with Gasteiger partial charge in [0.2, 0.25) is 0 Å². The molecule has 1 aromatic rings. The van der Waals surface area contributed by atoms with Crippen molar-refractivity contribution in [3.05, 3.63) is 34.9 Å². The molecule has 1 aliphatic rings. The second-order valence-electron chi connectivity index (χ2n) is 5.95. The molecule has 0 bridgehead atoms. The highest BCUT2D eigenvalue weighted by Crippen LogP contribution is 2.20. The zero-order chi connectivity index (χ0) is 17.0. The standard InChI is InChI=1S/C17H21NO5/c1-11-5-6-13(15(19)17(22)23)12(9-11)10-14(16(20)21)18-7-3-2-4-8-18/h5-6,9,14H,2-4,7-8,10H2,1H3,(H,20,21)(H,22,23). The third-order valence-electron chi connectivity index (χ3n) is 4.23. The van der Waals surface area contributed by atoms with Crippen molar-refractivity contribution in [3.8, 4) is 0 Å². The van der Waals surface area contributed by atoms with Crippen molar-refractivity contribution < 1.29 is 24.6 Å². The number of benzene rings is 1. The number of carboxylic acid groups (broad SMARTS) is 2. The van der Waals surface area contributed by atoms with E-state index in [1.54, 1.807) is 12.1 Å². The number of piperidine rings is 1. The third-order valence-corrected chi connectivity index (χ3v) is 4.23. The summed E-state index contributed by atoms with van der Waals surface area (Å²) in [7, 11) is 0. The number of carbonyl (C=O) groups is 3. The van der Waals surface area contributed by atoms with Crippen molar-refractivity contribution in [1.82, 2.24) is 4.90 Å². The number of aliphatic carboxylic acids is 2. The maximum atomic E-state index is 11.8. The van der Waals surface area contributed by atoms with E-state index in [4.69, 9.17) is 5.11 Å². The van der Waals surface area contributed by atoms with E-state index in [1.807, 2.05) is 11.8 Å². The number of hydrogen-bond donors (Lipinski definition) is 2. The van der Waals surface area contributed by atoms with E-state index < -0.39 is 23.8 Å². The first-order valence-electron chi connectivity index (χ1n) is 7.74. The van der Waals surface area contributed by atoms with Crippen LogP contribution in [0.1, 0.15) is 40.7 Å². The van der Waals surface area contributed by atoms with Gasteiger partial charge in [-0.05, 0) is 44.8 Å². The Morgan fingerprint density at radius 1 is 1.13 bits per heavy atom. The van der Waals surface area contributed by atoms with Gasteiger partial charge in [0, 0.05) is 5.56 Å². The van der Waals surface area contributed by atoms with Gasteiger partial charge in [0.15, 0.2) is 0 Å². The molecule has 1 atom stereocenters. The topological polar surface area (TPSA) is 94.9 Å². The number of rotatable bonds is 6. The average Bonchev–Trinajstić information content (AvgIpc) is 2.52. The van der Waals surface area contributed by atoms with Gasteiger partial charge < -0.3 is 10.2 Å². The molecule has 1 aliphatic heterocycles. The molecule has 1 saturated heterocycles. The summed E-state index contributed by atoms with van der Waals surface area (Å²) >= 11 is 0. The van der Waals surface area contributed by atoms with Crippen LogP contribution in [0.4, 0.5) is 0 Å². The second-order valence-corrected chi connectivity index (χ2v) is 5.95. The Labute approximate surface area is 134 Å². The van der Waals surface area contributed by atoms with Gasteiger partial charge in [-0.15, -0.1) is 0 Å². The molecule has 124 valence electrons. The molecular weight excluding hydrogens is 298 g/mol. The predicted molar refractivity (Wildman–Crippen MR) is 83.7 cm³/mol. The van der Waals surface area contributed by atoms with Gasteiger partial charge in [0.25, 0.3) is 5.78 Å². The SMILES string of the molecule is Cc1ccc(C(=O)C(=O)O)c(CC(C(=O)O)N2CCCCC2)c1. The minimum absolute atomic E-state index is 0.0753. The van der Waals surface area contributed by atoms with Gasteiger partial charge in [-0.1, -0.05) is 30.2 Å². The number of ketones is 1. The molecule has 6 heteroatoms. The number of carboxylic acids is 2. The Balaban J connectivity index is 2.31. The van der Waals surface area contributed by atoms with E-state index in [0.717, 1.165) is 24.8 Å². The summed E-state index contributed by atoms with van der Waals surface area (Å²) in [4.78, 5) is 36.4. The van der Waals surface area contributed by atoms with Crippen molar-refractivity contribution in [1.29, 1.82) is 0 Å². The van der Waals surface area contributed by atoms with Gasteiger partial charge in [-0.3, -0.25) is 14.5 Å². The summed E-state index contributed by atoms with van der Waals surface area (Å²) < 4.78 is 0.